The number of hydrogen-bond acceptors (Lipinski definition) is 9. The molecule has 0 radical (unpaired) electrons. The summed E-state index contributed by atoms with van der Waals surface area (Å²) in [6.07, 6.45) is 1.10. The monoisotopic (exact) mass is 397 g/mol. The summed E-state index contributed by atoms with van der Waals surface area (Å²) < 4.78 is 24.6. The molecule has 0 amide bonds. The van der Waals surface area contributed by atoms with Gasteiger partial charge in [0.25, 0.3) is 0 Å². The zero-order chi connectivity index (χ0) is 20.4. The van der Waals surface area contributed by atoms with E-state index in [9.17, 15) is 4.39 Å². The number of nitrogens with one attached hydrogen (secondary N) is 3. The van der Waals surface area contributed by atoms with Gasteiger partial charge in [-0.2, -0.15) is 9.97 Å². The van der Waals surface area contributed by atoms with Gasteiger partial charge in [-0.3, -0.25) is 0 Å². The van der Waals surface area contributed by atoms with Crippen molar-refractivity contribution in [3.63, 3.8) is 0 Å². The molecule has 3 N–H and O–H groups in total. The maximum atomic E-state index is 14.3. The molecule has 0 atom stereocenters. The van der Waals surface area contributed by atoms with Crippen LogP contribution in [-0.4, -0.2) is 36.2 Å². The van der Waals surface area contributed by atoms with Crippen molar-refractivity contribution in [2.24, 2.45) is 0 Å². The number of nitrogens with zero attached hydrogens (tertiary/aromatic N) is 4. The minimum absolute atomic E-state index is 0.00433. The maximum absolute atomic E-state index is 14.3. The second-order valence-corrected chi connectivity index (χ2v) is 6.29. The van der Waals surface area contributed by atoms with Gasteiger partial charge < -0.3 is 25.1 Å². The molecule has 29 heavy (non-hydrogen) atoms. The van der Waals surface area contributed by atoms with E-state index in [1.54, 1.807) is 12.1 Å². The Labute approximate surface area is 166 Å². The van der Waals surface area contributed by atoms with Crippen LogP contribution in [0.1, 0.15) is 5.56 Å². The second-order valence-electron chi connectivity index (χ2n) is 6.29. The number of halogens is 1. The Bertz CT molecular complexity index is 1050. The van der Waals surface area contributed by atoms with Crippen LogP contribution >= 0.6 is 0 Å². The third-order valence-corrected chi connectivity index (χ3v) is 4.44. The fourth-order valence-electron chi connectivity index (χ4n) is 2.98. The predicted molar refractivity (Wildman–Crippen MR) is 108 cm³/mol. The third-order valence-electron chi connectivity index (χ3n) is 4.44. The van der Waals surface area contributed by atoms with Crippen LogP contribution in [0.5, 0.6) is 11.8 Å². The van der Waals surface area contributed by atoms with E-state index in [0.29, 0.717) is 11.6 Å². The van der Waals surface area contributed by atoms with Gasteiger partial charge in [-0.25, -0.2) is 14.8 Å². The number of rotatable bonds is 6. The Morgan fingerprint density at radius 3 is 2.76 bits per heavy atom. The first-order valence-corrected chi connectivity index (χ1v) is 8.83. The highest BCUT2D eigenvalue weighted by molar-refractivity contribution is 5.67. The lowest BCUT2D eigenvalue weighted by Gasteiger charge is -2.13. The molecule has 0 saturated heterocycles. The van der Waals surface area contributed by atoms with E-state index in [2.05, 4.69) is 31.0 Å². The summed E-state index contributed by atoms with van der Waals surface area (Å²) in [5, 5.41) is 7.96. The average Bonchev–Trinajstić information content (AvgIpc) is 3.11. The number of fused-ring (bicyclic) bond motifs is 1. The van der Waals surface area contributed by atoms with Crippen molar-refractivity contribution in [2.45, 2.75) is 6.54 Å². The number of pyridine rings is 1. The fourth-order valence-corrected chi connectivity index (χ4v) is 2.98. The number of hydrogen-bond donors (Lipinski definition) is 3. The Kier molecular flexibility index (Phi) is 5.00. The summed E-state index contributed by atoms with van der Waals surface area (Å²) in [6.45, 7) is 0.739. The maximum Gasteiger partial charge on any atom is 0.240 e. The fraction of sp³-hybridized carbons (Fsp3) is 0.211. The van der Waals surface area contributed by atoms with E-state index in [0.717, 1.165) is 29.7 Å². The topological polar surface area (TPSA) is 96.5 Å². The summed E-state index contributed by atoms with van der Waals surface area (Å²) in [5.74, 6) is 0.291. The van der Waals surface area contributed by atoms with Crippen molar-refractivity contribution in [3.05, 3.63) is 47.9 Å². The van der Waals surface area contributed by atoms with Crippen molar-refractivity contribution < 1.29 is 13.9 Å². The van der Waals surface area contributed by atoms with Gasteiger partial charge in [0.15, 0.2) is 11.6 Å². The van der Waals surface area contributed by atoms with E-state index in [1.807, 2.05) is 30.3 Å². The molecule has 0 saturated carbocycles. The van der Waals surface area contributed by atoms with Gasteiger partial charge in [0.05, 0.1) is 26.1 Å². The minimum Gasteiger partial charge on any atom is -0.481 e. The molecular weight excluding hydrogens is 377 g/mol. The number of benzene rings is 1. The van der Waals surface area contributed by atoms with E-state index in [4.69, 9.17) is 9.47 Å². The molecule has 1 aromatic carbocycles. The Morgan fingerprint density at radius 1 is 1.10 bits per heavy atom. The van der Waals surface area contributed by atoms with Crippen LogP contribution in [0.15, 0.2) is 36.5 Å². The molecule has 0 bridgehead atoms. The Hall–Kier alpha value is -3.66. The van der Waals surface area contributed by atoms with Gasteiger partial charge in [-0.05, 0) is 29.8 Å². The van der Waals surface area contributed by atoms with Crippen LogP contribution in [-0.2, 0) is 6.54 Å². The summed E-state index contributed by atoms with van der Waals surface area (Å²) in [6, 6.07) is 9.22. The molecule has 10 heteroatoms. The lowest BCUT2D eigenvalue weighted by Crippen LogP contribution is -2.26. The van der Waals surface area contributed by atoms with Gasteiger partial charge in [0.2, 0.25) is 17.7 Å². The number of ether oxygens (including phenoxy) is 2. The molecular formula is C19H20FN7O2. The summed E-state index contributed by atoms with van der Waals surface area (Å²) in [7, 11) is 4.93. The number of methoxy groups -OCH3 is 2. The SMILES string of the molecule is COc1ccc(Nc2nc(Nc3ccc4c(c3)CNN4C)ncc2F)c(OC)n1. The highest BCUT2D eigenvalue weighted by Crippen LogP contribution is 2.30. The first-order chi connectivity index (χ1) is 14.1. The first kappa shape index (κ1) is 18.7. The van der Waals surface area contributed by atoms with Crippen molar-refractivity contribution in [2.75, 3.05) is 36.9 Å². The zero-order valence-electron chi connectivity index (χ0n) is 16.2. The van der Waals surface area contributed by atoms with E-state index in [-0.39, 0.29) is 17.6 Å². The van der Waals surface area contributed by atoms with E-state index >= 15 is 0 Å². The van der Waals surface area contributed by atoms with Gasteiger partial charge in [-0.1, -0.05) is 0 Å². The molecule has 0 spiro atoms. The number of anilines is 5. The molecule has 3 heterocycles. The van der Waals surface area contributed by atoms with Gasteiger partial charge in [-0.15, -0.1) is 0 Å². The smallest absolute Gasteiger partial charge is 0.240 e. The molecule has 9 nitrogen and oxygen atoms in total. The van der Waals surface area contributed by atoms with Crippen molar-refractivity contribution >= 4 is 28.8 Å². The number of aromatic nitrogens is 3. The normalized spacial score (nSPS) is 12.5. The molecule has 1 aliphatic heterocycles. The quantitative estimate of drug-likeness (QED) is 0.580. The van der Waals surface area contributed by atoms with E-state index < -0.39 is 5.82 Å². The van der Waals surface area contributed by atoms with Crippen LogP contribution in [0.4, 0.5) is 33.2 Å². The largest absolute Gasteiger partial charge is 0.481 e. The van der Waals surface area contributed by atoms with Crippen molar-refractivity contribution in [3.8, 4) is 11.8 Å². The minimum atomic E-state index is -0.604. The summed E-state index contributed by atoms with van der Waals surface area (Å²) in [5.41, 5.74) is 6.74. The highest BCUT2D eigenvalue weighted by Gasteiger charge is 2.16. The van der Waals surface area contributed by atoms with E-state index in [1.165, 1.54) is 14.2 Å². The molecule has 4 rings (SSSR count). The molecule has 2 aromatic heterocycles. The summed E-state index contributed by atoms with van der Waals surface area (Å²) in [4.78, 5) is 12.4. The molecule has 0 fully saturated rings. The van der Waals surface area contributed by atoms with Crippen LogP contribution in [0, 0.1) is 5.82 Å². The van der Waals surface area contributed by atoms with Gasteiger partial charge >= 0.3 is 0 Å². The molecule has 1 aliphatic rings. The Morgan fingerprint density at radius 2 is 1.97 bits per heavy atom. The number of hydrazine groups is 1. The first-order valence-electron chi connectivity index (χ1n) is 8.83. The third kappa shape index (κ3) is 3.83. The lowest BCUT2D eigenvalue weighted by atomic mass is 10.1. The molecule has 150 valence electrons. The molecule has 0 unspecified atom stereocenters. The lowest BCUT2D eigenvalue weighted by molar-refractivity contribution is 0.366. The zero-order valence-corrected chi connectivity index (χ0v) is 16.2. The molecule has 3 aromatic rings. The van der Waals surface area contributed by atoms with Crippen molar-refractivity contribution in [1.29, 1.82) is 0 Å². The van der Waals surface area contributed by atoms with Crippen LogP contribution in [0.3, 0.4) is 0 Å². The van der Waals surface area contributed by atoms with Crippen LogP contribution in [0.25, 0.3) is 0 Å². The molecule has 0 aliphatic carbocycles. The van der Waals surface area contributed by atoms with Gasteiger partial charge in [0, 0.05) is 25.3 Å². The predicted octanol–water partition coefficient (Wildman–Crippen LogP) is 2.97. The van der Waals surface area contributed by atoms with Crippen LogP contribution in [0.2, 0.25) is 0 Å². The summed E-state index contributed by atoms with van der Waals surface area (Å²) >= 11 is 0. The van der Waals surface area contributed by atoms with Crippen molar-refractivity contribution in [1.82, 2.24) is 20.4 Å². The highest BCUT2D eigenvalue weighted by atomic mass is 19.1. The van der Waals surface area contributed by atoms with Gasteiger partial charge in [0.1, 0.15) is 5.69 Å². The van der Waals surface area contributed by atoms with Crippen LogP contribution < -0.4 is 30.5 Å². The standard InChI is InChI=1S/C19H20FN7O2/c1-27-15-6-4-12(8-11(15)9-22-27)23-19-21-10-13(20)17(26-19)24-14-5-7-16(28-2)25-18(14)29-3/h4-8,10,22H,9H2,1-3H3,(H2,21,23,24,26). The second kappa shape index (κ2) is 7.76. The Balaban J connectivity index is 1.57. The average molecular weight is 397 g/mol.